The van der Waals surface area contributed by atoms with E-state index >= 15 is 0 Å². The molecule has 0 saturated heterocycles. The molecule has 0 unspecified atom stereocenters. The van der Waals surface area contributed by atoms with E-state index in [1.54, 1.807) is 6.20 Å². The van der Waals surface area contributed by atoms with Gasteiger partial charge in [-0.2, -0.15) is 5.10 Å². The Labute approximate surface area is 92.1 Å². The van der Waals surface area contributed by atoms with E-state index in [9.17, 15) is 4.79 Å². The van der Waals surface area contributed by atoms with Crippen LogP contribution in [0.15, 0.2) is 41.5 Å². The van der Waals surface area contributed by atoms with Crippen molar-refractivity contribution in [3.05, 3.63) is 52.7 Å². The number of nitrogens with zero attached hydrogens (tertiary/aromatic N) is 2. The van der Waals surface area contributed by atoms with Gasteiger partial charge >= 0.3 is 0 Å². The number of aromatic nitrogens is 3. The van der Waals surface area contributed by atoms with Crippen LogP contribution in [0.5, 0.6) is 5.75 Å². The average Bonchev–Trinajstić information content (AvgIpc) is 2.30. The van der Waals surface area contributed by atoms with Gasteiger partial charge in [-0.05, 0) is 12.1 Å². The minimum Gasteiger partial charge on any atom is -0.491 e. The van der Waals surface area contributed by atoms with Gasteiger partial charge in [0.15, 0.2) is 0 Å². The summed E-state index contributed by atoms with van der Waals surface area (Å²) >= 11 is 0. The molecular formula is C11H11N3O2. The van der Waals surface area contributed by atoms with Crippen LogP contribution >= 0.6 is 0 Å². The number of rotatable bonds is 4. The summed E-state index contributed by atoms with van der Waals surface area (Å²) in [5.41, 5.74) is 0.690. The van der Waals surface area contributed by atoms with Gasteiger partial charge in [0.2, 0.25) is 0 Å². The lowest BCUT2D eigenvalue weighted by atomic mass is 10.3. The standard InChI is InChI=1S/C11H11N3O2/c15-11-7-10(8-13-14-11)16-6-4-9-3-1-2-5-12-9/h1-3,5,7-8H,4,6H2,(H,14,15). The van der Waals surface area contributed by atoms with Crippen molar-refractivity contribution in [3.8, 4) is 5.75 Å². The van der Waals surface area contributed by atoms with Crippen molar-refractivity contribution in [2.24, 2.45) is 0 Å². The maximum absolute atomic E-state index is 10.9. The van der Waals surface area contributed by atoms with E-state index in [0.717, 1.165) is 5.69 Å². The summed E-state index contributed by atoms with van der Waals surface area (Å²) in [6.45, 7) is 0.474. The maximum Gasteiger partial charge on any atom is 0.267 e. The van der Waals surface area contributed by atoms with Crippen LogP contribution in [0, 0.1) is 0 Å². The third-order valence-electron chi connectivity index (χ3n) is 1.99. The number of nitrogens with one attached hydrogen (secondary N) is 1. The van der Waals surface area contributed by atoms with E-state index < -0.39 is 0 Å². The predicted molar refractivity (Wildman–Crippen MR) is 58.3 cm³/mol. The van der Waals surface area contributed by atoms with Crippen molar-refractivity contribution in [1.29, 1.82) is 0 Å². The van der Waals surface area contributed by atoms with Crippen molar-refractivity contribution in [2.45, 2.75) is 6.42 Å². The first-order chi connectivity index (χ1) is 7.84. The highest BCUT2D eigenvalue weighted by molar-refractivity contribution is 5.13. The molecule has 16 heavy (non-hydrogen) atoms. The lowest BCUT2D eigenvalue weighted by Crippen LogP contribution is -2.09. The Kier molecular flexibility index (Phi) is 3.28. The van der Waals surface area contributed by atoms with Gasteiger partial charge in [-0.15, -0.1) is 0 Å². The molecule has 1 N–H and O–H groups in total. The van der Waals surface area contributed by atoms with Crippen molar-refractivity contribution < 1.29 is 4.74 Å². The molecule has 0 amide bonds. The maximum atomic E-state index is 10.9. The van der Waals surface area contributed by atoms with Crippen LogP contribution in [0.3, 0.4) is 0 Å². The second kappa shape index (κ2) is 5.06. The van der Waals surface area contributed by atoms with Gasteiger partial charge in [0.05, 0.1) is 12.8 Å². The van der Waals surface area contributed by atoms with Gasteiger partial charge < -0.3 is 4.74 Å². The molecule has 0 aromatic carbocycles. The smallest absolute Gasteiger partial charge is 0.267 e. The molecule has 0 aliphatic rings. The van der Waals surface area contributed by atoms with E-state index in [1.165, 1.54) is 12.3 Å². The molecule has 0 radical (unpaired) electrons. The summed E-state index contributed by atoms with van der Waals surface area (Å²) in [5.74, 6) is 0.472. The monoisotopic (exact) mass is 217 g/mol. The van der Waals surface area contributed by atoms with E-state index in [-0.39, 0.29) is 5.56 Å². The molecule has 2 heterocycles. The quantitative estimate of drug-likeness (QED) is 0.822. The summed E-state index contributed by atoms with van der Waals surface area (Å²) in [4.78, 5) is 15.1. The molecule has 2 aromatic rings. The molecule has 82 valence electrons. The van der Waals surface area contributed by atoms with Crippen LogP contribution in [0.1, 0.15) is 5.69 Å². The molecule has 5 nitrogen and oxygen atoms in total. The normalized spacial score (nSPS) is 10.0. The number of pyridine rings is 1. The highest BCUT2D eigenvalue weighted by Crippen LogP contribution is 2.03. The Morgan fingerprint density at radius 2 is 2.31 bits per heavy atom. The molecule has 0 aliphatic carbocycles. The van der Waals surface area contributed by atoms with Crippen LogP contribution < -0.4 is 10.3 Å². The van der Waals surface area contributed by atoms with Crippen LogP contribution in [0.4, 0.5) is 0 Å². The zero-order chi connectivity index (χ0) is 11.2. The van der Waals surface area contributed by atoms with Gasteiger partial charge in [-0.25, -0.2) is 5.10 Å². The number of H-pyrrole nitrogens is 1. The largest absolute Gasteiger partial charge is 0.491 e. The predicted octanol–water partition coefficient (Wildman–Crippen LogP) is 0.786. The fourth-order valence-electron chi connectivity index (χ4n) is 1.26. The Morgan fingerprint density at radius 1 is 1.38 bits per heavy atom. The van der Waals surface area contributed by atoms with Gasteiger partial charge in [-0.1, -0.05) is 6.07 Å². The van der Waals surface area contributed by atoms with E-state index in [1.807, 2.05) is 18.2 Å². The van der Waals surface area contributed by atoms with Crippen LogP contribution in [-0.2, 0) is 6.42 Å². The fourth-order valence-corrected chi connectivity index (χ4v) is 1.26. The Bertz CT molecular complexity index is 496. The zero-order valence-corrected chi connectivity index (χ0v) is 8.59. The first-order valence-corrected chi connectivity index (χ1v) is 4.92. The highest BCUT2D eigenvalue weighted by atomic mass is 16.5. The lowest BCUT2D eigenvalue weighted by Gasteiger charge is -2.03. The number of hydrogen-bond acceptors (Lipinski definition) is 4. The van der Waals surface area contributed by atoms with Gasteiger partial charge in [-0.3, -0.25) is 9.78 Å². The summed E-state index contributed by atoms with van der Waals surface area (Å²) in [5, 5.41) is 5.91. The molecule has 0 aliphatic heterocycles. The van der Waals surface area contributed by atoms with Crippen molar-refractivity contribution in [1.82, 2.24) is 15.2 Å². The average molecular weight is 217 g/mol. The minimum atomic E-state index is -0.268. The van der Waals surface area contributed by atoms with Crippen molar-refractivity contribution in [3.63, 3.8) is 0 Å². The van der Waals surface area contributed by atoms with Crippen molar-refractivity contribution >= 4 is 0 Å². The Hall–Kier alpha value is -2.17. The third kappa shape index (κ3) is 2.91. The van der Waals surface area contributed by atoms with Crippen LogP contribution in [0.2, 0.25) is 0 Å². The Balaban J connectivity index is 1.87. The van der Waals surface area contributed by atoms with E-state index in [2.05, 4.69) is 15.2 Å². The second-order valence-corrected chi connectivity index (χ2v) is 3.20. The summed E-state index contributed by atoms with van der Waals surface area (Å²) in [6, 6.07) is 7.09. The number of ether oxygens (including phenoxy) is 1. The van der Waals surface area contributed by atoms with Gasteiger partial charge in [0.25, 0.3) is 5.56 Å². The minimum absolute atomic E-state index is 0.268. The number of aromatic amines is 1. The molecule has 2 rings (SSSR count). The fraction of sp³-hybridized carbons (Fsp3) is 0.182. The zero-order valence-electron chi connectivity index (χ0n) is 8.59. The third-order valence-corrected chi connectivity index (χ3v) is 1.99. The SMILES string of the molecule is O=c1cc(OCCc2ccccn2)cn[nH]1. The molecule has 0 spiro atoms. The lowest BCUT2D eigenvalue weighted by molar-refractivity contribution is 0.318. The first-order valence-electron chi connectivity index (χ1n) is 4.92. The molecular weight excluding hydrogens is 206 g/mol. The topological polar surface area (TPSA) is 67.9 Å². The molecule has 0 bridgehead atoms. The van der Waals surface area contributed by atoms with Crippen molar-refractivity contribution in [2.75, 3.05) is 6.61 Å². The summed E-state index contributed by atoms with van der Waals surface area (Å²) in [6.07, 6.45) is 3.91. The van der Waals surface area contributed by atoms with Gasteiger partial charge in [0, 0.05) is 24.4 Å². The van der Waals surface area contributed by atoms with E-state index in [4.69, 9.17) is 4.74 Å². The van der Waals surface area contributed by atoms with Gasteiger partial charge in [0.1, 0.15) is 5.75 Å². The Morgan fingerprint density at radius 3 is 3.06 bits per heavy atom. The first kappa shape index (κ1) is 10.4. The second-order valence-electron chi connectivity index (χ2n) is 3.20. The highest BCUT2D eigenvalue weighted by Gasteiger charge is 1.97. The molecule has 0 fully saturated rings. The molecule has 5 heteroatoms. The molecule has 0 atom stereocenters. The molecule has 0 saturated carbocycles. The van der Waals surface area contributed by atoms with Crippen LogP contribution in [0.25, 0.3) is 0 Å². The van der Waals surface area contributed by atoms with E-state index in [0.29, 0.717) is 18.8 Å². The molecule has 2 aromatic heterocycles. The summed E-state index contributed by atoms with van der Waals surface area (Å²) < 4.78 is 5.37. The number of hydrogen-bond donors (Lipinski definition) is 1. The summed E-state index contributed by atoms with van der Waals surface area (Å²) in [7, 11) is 0. The van der Waals surface area contributed by atoms with Crippen LogP contribution in [-0.4, -0.2) is 21.8 Å².